The van der Waals surface area contributed by atoms with Crippen molar-refractivity contribution < 1.29 is 14.3 Å². The van der Waals surface area contributed by atoms with E-state index in [1.54, 1.807) is 6.07 Å². The first-order chi connectivity index (χ1) is 10.6. The van der Waals surface area contributed by atoms with E-state index in [-0.39, 0.29) is 12.5 Å². The smallest absolute Gasteiger partial charge is 0.255 e. The molecule has 1 aromatic carbocycles. The third-order valence-corrected chi connectivity index (χ3v) is 4.25. The fraction of sp³-hybridized carbons (Fsp3) is 0.471. The molecule has 0 spiro atoms. The number of benzene rings is 1. The lowest BCUT2D eigenvalue weighted by molar-refractivity contribution is 0.0276. The minimum atomic E-state index is -0.827. The lowest BCUT2D eigenvalue weighted by atomic mass is 9.95. The molecule has 0 radical (unpaired) electrons. The van der Waals surface area contributed by atoms with Gasteiger partial charge in [-0.1, -0.05) is 12.1 Å². The van der Waals surface area contributed by atoms with Crippen LogP contribution >= 0.6 is 0 Å². The average molecular weight is 302 g/mol. The Hall–Kier alpha value is -1.85. The SMILES string of the molecule is Cc1cc2cccc(C(=O)NC[C@]3(O)CCCNCC3)c2o1. The standard InChI is InChI=1S/C17H22N2O3/c1-12-10-13-4-2-5-14(15(13)22-12)16(20)19-11-17(21)6-3-8-18-9-7-17/h2,4-5,10,18,21H,3,6-9,11H2,1H3,(H,19,20)/t17-/m0/s1. The summed E-state index contributed by atoms with van der Waals surface area (Å²) in [7, 11) is 0. The van der Waals surface area contributed by atoms with Crippen molar-refractivity contribution in [1.29, 1.82) is 0 Å². The molecule has 1 aliphatic rings. The summed E-state index contributed by atoms with van der Waals surface area (Å²) in [4.78, 5) is 12.4. The van der Waals surface area contributed by atoms with Crippen molar-refractivity contribution in [3.8, 4) is 0 Å². The van der Waals surface area contributed by atoms with Crippen molar-refractivity contribution in [2.45, 2.75) is 31.8 Å². The second-order valence-electron chi connectivity index (χ2n) is 6.09. The first-order valence-electron chi connectivity index (χ1n) is 7.78. The number of para-hydroxylation sites is 1. The van der Waals surface area contributed by atoms with Gasteiger partial charge in [0.15, 0.2) is 0 Å². The summed E-state index contributed by atoms with van der Waals surface area (Å²) in [6, 6.07) is 7.43. The van der Waals surface area contributed by atoms with Crippen LogP contribution in [0.1, 0.15) is 35.4 Å². The largest absolute Gasteiger partial charge is 0.461 e. The zero-order valence-electron chi connectivity index (χ0n) is 12.8. The van der Waals surface area contributed by atoms with E-state index >= 15 is 0 Å². The molecule has 0 aliphatic carbocycles. The Labute approximate surface area is 129 Å². The Kier molecular flexibility index (Phi) is 4.18. The minimum Gasteiger partial charge on any atom is -0.461 e. The molecule has 3 N–H and O–H groups in total. The quantitative estimate of drug-likeness (QED) is 0.810. The third kappa shape index (κ3) is 3.15. The van der Waals surface area contributed by atoms with Crippen molar-refractivity contribution in [1.82, 2.24) is 10.6 Å². The zero-order valence-corrected chi connectivity index (χ0v) is 12.8. The summed E-state index contributed by atoms with van der Waals surface area (Å²) in [5.74, 6) is 0.578. The molecule has 0 unspecified atom stereocenters. The van der Waals surface area contributed by atoms with Crippen molar-refractivity contribution in [2.75, 3.05) is 19.6 Å². The van der Waals surface area contributed by atoms with E-state index in [0.717, 1.165) is 30.7 Å². The van der Waals surface area contributed by atoms with Crippen molar-refractivity contribution >= 4 is 16.9 Å². The molecule has 3 rings (SSSR count). The third-order valence-electron chi connectivity index (χ3n) is 4.25. The molecule has 1 amide bonds. The molecule has 5 heteroatoms. The van der Waals surface area contributed by atoms with Crippen LogP contribution in [0.4, 0.5) is 0 Å². The van der Waals surface area contributed by atoms with Crippen LogP contribution < -0.4 is 10.6 Å². The number of carbonyl (C=O) groups excluding carboxylic acids is 1. The van der Waals surface area contributed by atoms with E-state index in [9.17, 15) is 9.90 Å². The van der Waals surface area contributed by atoms with Crippen LogP contribution in [0.5, 0.6) is 0 Å². The maximum absolute atomic E-state index is 12.4. The second-order valence-corrected chi connectivity index (χ2v) is 6.09. The van der Waals surface area contributed by atoms with Gasteiger partial charge in [0.05, 0.1) is 11.2 Å². The first kappa shape index (κ1) is 15.1. The minimum absolute atomic E-state index is 0.203. The first-order valence-corrected chi connectivity index (χ1v) is 7.78. The van der Waals surface area contributed by atoms with Gasteiger partial charge >= 0.3 is 0 Å². The predicted molar refractivity (Wildman–Crippen MR) is 85.0 cm³/mol. The molecule has 0 saturated carbocycles. The molecular weight excluding hydrogens is 280 g/mol. The van der Waals surface area contributed by atoms with E-state index < -0.39 is 5.60 Å². The summed E-state index contributed by atoms with van der Waals surface area (Å²) < 4.78 is 5.62. The van der Waals surface area contributed by atoms with Crippen molar-refractivity contribution in [3.05, 3.63) is 35.6 Å². The topological polar surface area (TPSA) is 74.5 Å². The number of amides is 1. The number of fused-ring (bicyclic) bond motifs is 1. The van der Waals surface area contributed by atoms with Crippen LogP contribution in [0, 0.1) is 6.92 Å². The van der Waals surface area contributed by atoms with E-state index in [0.29, 0.717) is 24.0 Å². The van der Waals surface area contributed by atoms with Crippen molar-refractivity contribution in [3.63, 3.8) is 0 Å². The summed E-state index contributed by atoms with van der Waals surface area (Å²) in [6.07, 6.45) is 2.26. The van der Waals surface area contributed by atoms with Gasteiger partial charge < -0.3 is 20.2 Å². The number of aliphatic hydroxyl groups is 1. The Bertz CT molecular complexity index is 670. The summed E-state index contributed by atoms with van der Waals surface area (Å²) in [5, 5.41) is 17.6. The molecule has 1 aliphatic heterocycles. The molecule has 1 atom stereocenters. The Morgan fingerprint density at radius 2 is 2.27 bits per heavy atom. The molecular formula is C17H22N2O3. The monoisotopic (exact) mass is 302 g/mol. The van der Waals surface area contributed by atoms with Gasteiger partial charge in [0.2, 0.25) is 0 Å². The molecule has 5 nitrogen and oxygen atoms in total. The highest BCUT2D eigenvalue weighted by Gasteiger charge is 2.28. The van der Waals surface area contributed by atoms with Crippen LogP contribution in [0.25, 0.3) is 11.0 Å². The fourth-order valence-electron chi connectivity index (χ4n) is 3.00. The highest BCUT2D eigenvalue weighted by Crippen LogP contribution is 2.23. The Morgan fingerprint density at radius 1 is 1.41 bits per heavy atom. The van der Waals surface area contributed by atoms with Gasteiger partial charge in [0.25, 0.3) is 5.91 Å². The van der Waals surface area contributed by atoms with Gasteiger partial charge in [-0.2, -0.15) is 0 Å². The van der Waals surface area contributed by atoms with Gasteiger partial charge in [-0.15, -0.1) is 0 Å². The molecule has 0 bridgehead atoms. The number of hydrogen-bond acceptors (Lipinski definition) is 4. The number of aryl methyl sites for hydroxylation is 1. The normalized spacial score (nSPS) is 22.5. The number of hydrogen-bond donors (Lipinski definition) is 3. The molecule has 2 heterocycles. The zero-order chi connectivity index (χ0) is 15.6. The van der Waals surface area contributed by atoms with E-state index in [1.165, 1.54) is 0 Å². The second kappa shape index (κ2) is 6.10. The molecule has 1 aromatic heterocycles. The van der Waals surface area contributed by atoms with Gasteiger partial charge in [-0.05, 0) is 51.4 Å². The van der Waals surface area contributed by atoms with E-state index in [2.05, 4.69) is 10.6 Å². The number of nitrogens with one attached hydrogen (secondary N) is 2. The van der Waals surface area contributed by atoms with E-state index in [4.69, 9.17) is 4.42 Å². The summed E-state index contributed by atoms with van der Waals surface area (Å²) >= 11 is 0. The highest BCUT2D eigenvalue weighted by atomic mass is 16.3. The summed E-state index contributed by atoms with van der Waals surface area (Å²) in [6.45, 7) is 3.83. The van der Waals surface area contributed by atoms with Crippen LogP contribution in [0.2, 0.25) is 0 Å². The summed E-state index contributed by atoms with van der Waals surface area (Å²) in [5.41, 5.74) is 0.291. The molecule has 2 aromatic rings. The highest BCUT2D eigenvalue weighted by molar-refractivity contribution is 6.05. The lowest BCUT2D eigenvalue weighted by Gasteiger charge is -2.26. The fourth-order valence-corrected chi connectivity index (χ4v) is 3.00. The van der Waals surface area contributed by atoms with Gasteiger partial charge in [0.1, 0.15) is 11.3 Å². The Balaban J connectivity index is 1.73. The molecule has 1 fully saturated rings. The maximum Gasteiger partial charge on any atom is 0.255 e. The average Bonchev–Trinajstić information content (AvgIpc) is 2.74. The van der Waals surface area contributed by atoms with Crippen LogP contribution in [-0.2, 0) is 0 Å². The number of carbonyl (C=O) groups is 1. The number of rotatable bonds is 3. The van der Waals surface area contributed by atoms with Crippen LogP contribution in [0.15, 0.2) is 28.7 Å². The van der Waals surface area contributed by atoms with Gasteiger partial charge in [-0.3, -0.25) is 4.79 Å². The number of furan rings is 1. The molecule has 118 valence electrons. The van der Waals surface area contributed by atoms with Crippen molar-refractivity contribution in [2.24, 2.45) is 0 Å². The maximum atomic E-state index is 12.4. The lowest BCUT2D eigenvalue weighted by Crippen LogP contribution is -2.43. The molecule has 1 saturated heterocycles. The van der Waals surface area contributed by atoms with Crippen LogP contribution in [-0.4, -0.2) is 36.2 Å². The van der Waals surface area contributed by atoms with Crippen LogP contribution in [0.3, 0.4) is 0 Å². The predicted octanol–water partition coefficient (Wildman–Crippen LogP) is 1.98. The van der Waals surface area contributed by atoms with Gasteiger partial charge in [-0.25, -0.2) is 0 Å². The van der Waals surface area contributed by atoms with Gasteiger partial charge in [0, 0.05) is 11.9 Å². The van der Waals surface area contributed by atoms with E-state index in [1.807, 2.05) is 25.1 Å². The molecule has 22 heavy (non-hydrogen) atoms. The Morgan fingerprint density at radius 3 is 3.14 bits per heavy atom.